The second kappa shape index (κ2) is 10.6. The molecule has 0 aliphatic carbocycles. The highest BCUT2D eigenvalue weighted by molar-refractivity contribution is 7.53. The van der Waals surface area contributed by atoms with E-state index in [1.807, 2.05) is 0 Å². The lowest BCUT2D eigenvalue weighted by atomic mass is 10.1. The fourth-order valence-electron chi connectivity index (χ4n) is 2.06. The lowest BCUT2D eigenvalue weighted by molar-refractivity contribution is -0.137. The van der Waals surface area contributed by atoms with Gasteiger partial charge in [0.2, 0.25) is 0 Å². The van der Waals surface area contributed by atoms with Crippen LogP contribution in [0.15, 0.2) is 49.6 Å². The van der Waals surface area contributed by atoms with Crippen molar-refractivity contribution < 1.29 is 26.8 Å². The van der Waals surface area contributed by atoms with E-state index in [0.29, 0.717) is 25.7 Å². The monoisotopic (exact) mass is 376 g/mol. The number of rotatable bonds is 12. The Labute approximate surface area is 147 Å². The number of halogens is 3. The van der Waals surface area contributed by atoms with Crippen molar-refractivity contribution in [2.45, 2.75) is 38.0 Å². The molecule has 0 aromatic heterocycles. The summed E-state index contributed by atoms with van der Waals surface area (Å²) in [5.41, 5.74) is -0.513. The van der Waals surface area contributed by atoms with E-state index in [0.717, 1.165) is 12.1 Å². The van der Waals surface area contributed by atoms with Crippen LogP contribution in [-0.2, 0) is 26.0 Å². The zero-order chi connectivity index (χ0) is 18.8. The molecule has 0 amide bonds. The van der Waals surface area contributed by atoms with E-state index < -0.39 is 19.3 Å². The molecule has 7 heteroatoms. The molecule has 0 saturated heterocycles. The van der Waals surface area contributed by atoms with Crippen LogP contribution in [-0.4, -0.2) is 13.2 Å². The molecule has 0 atom stereocenters. The van der Waals surface area contributed by atoms with Gasteiger partial charge in [0.05, 0.1) is 24.9 Å². The van der Waals surface area contributed by atoms with Gasteiger partial charge in [-0.1, -0.05) is 30.4 Å². The topological polar surface area (TPSA) is 35.5 Å². The minimum atomic E-state index is -4.45. The molecule has 0 aliphatic heterocycles. The molecule has 1 aromatic rings. The first kappa shape index (κ1) is 21.7. The fraction of sp³-hybridized carbons (Fsp3) is 0.444. The van der Waals surface area contributed by atoms with Crippen LogP contribution in [0.25, 0.3) is 0 Å². The number of allylic oxidation sites excluding steroid dienone is 2. The molecule has 0 radical (unpaired) electrons. The quantitative estimate of drug-likeness (QED) is 0.242. The van der Waals surface area contributed by atoms with Crippen LogP contribution in [0.1, 0.15) is 36.8 Å². The lowest BCUT2D eigenvalue weighted by Crippen LogP contribution is -2.06. The van der Waals surface area contributed by atoms with E-state index in [4.69, 9.17) is 9.05 Å². The van der Waals surface area contributed by atoms with Crippen molar-refractivity contribution in [2.24, 2.45) is 0 Å². The van der Waals surface area contributed by atoms with Gasteiger partial charge in [0.15, 0.2) is 0 Å². The first-order chi connectivity index (χ1) is 11.8. The zero-order valence-corrected chi connectivity index (χ0v) is 15.0. The van der Waals surface area contributed by atoms with Crippen LogP contribution < -0.4 is 0 Å². The number of hydrogen-bond donors (Lipinski definition) is 0. The van der Waals surface area contributed by atoms with Crippen molar-refractivity contribution in [3.8, 4) is 0 Å². The molecule has 0 spiro atoms. The summed E-state index contributed by atoms with van der Waals surface area (Å²) in [7, 11) is -3.53. The maximum absolute atomic E-state index is 12.9. The predicted octanol–water partition coefficient (Wildman–Crippen LogP) is 6.36. The highest BCUT2D eigenvalue weighted by atomic mass is 31.2. The standard InChI is InChI=1S/C18H24F3O3P/c1-3-5-7-12-23-25(22,24-13-8-6-4-2)15-16-10-9-11-17(14-16)18(19,20)21/h3-4,9-11,14H,1-2,5-8,12-13,15H2. The summed E-state index contributed by atoms with van der Waals surface area (Å²) in [6, 6.07) is 4.73. The Morgan fingerprint density at radius 1 is 1.04 bits per heavy atom. The van der Waals surface area contributed by atoms with E-state index in [2.05, 4.69) is 13.2 Å². The summed E-state index contributed by atoms with van der Waals surface area (Å²) >= 11 is 0. The van der Waals surface area contributed by atoms with Gasteiger partial charge in [0, 0.05) is 0 Å². The summed E-state index contributed by atoms with van der Waals surface area (Å²) in [5.74, 6) is 0. The van der Waals surface area contributed by atoms with Crippen molar-refractivity contribution >= 4 is 7.60 Å². The highest BCUT2D eigenvalue weighted by Gasteiger charge is 2.32. The third-order valence-electron chi connectivity index (χ3n) is 3.31. The molecule has 3 nitrogen and oxygen atoms in total. The lowest BCUT2D eigenvalue weighted by Gasteiger charge is -2.19. The summed E-state index contributed by atoms with van der Waals surface area (Å²) < 4.78 is 62.2. The van der Waals surface area contributed by atoms with Gasteiger partial charge in [0.1, 0.15) is 0 Å². The van der Waals surface area contributed by atoms with E-state index >= 15 is 0 Å². The molecule has 1 aromatic carbocycles. The summed E-state index contributed by atoms with van der Waals surface area (Å²) in [6.45, 7) is 7.58. The van der Waals surface area contributed by atoms with Gasteiger partial charge in [-0.15, -0.1) is 13.2 Å². The Hall–Kier alpha value is -1.36. The Morgan fingerprint density at radius 3 is 2.08 bits per heavy atom. The smallest absolute Gasteiger partial charge is 0.308 e. The molecule has 0 unspecified atom stereocenters. The van der Waals surface area contributed by atoms with E-state index in [1.165, 1.54) is 12.1 Å². The largest absolute Gasteiger partial charge is 0.416 e. The third kappa shape index (κ3) is 8.52. The SMILES string of the molecule is C=CCCCOP(=O)(Cc1cccc(C(F)(F)F)c1)OCCCC=C. The average molecular weight is 376 g/mol. The van der Waals surface area contributed by atoms with Gasteiger partial charge in [-0.25, -0.2) is 0 Å². The predicted molar refractivity (Wildman–Crippen MR) is 93.5 cm³/mol. The molecule has 0 aliphatic rings. The molecule has 0 heterocycles. The Balaban J connectivity index is 2.82. The normalized spacial score (nSPS) is 12.1. The third-order valence-corrected chi connectivity index (χ3v) is 5.22. The van der Waals surface area contributed by atoms with Crippen molar-refractivity contribution in [3.05, 3.63) is 60.7 Å². The molecular formula is C18H24F3O3P. The minimum Gasteiger partial charge on any atom is -0.308 e. The van der Waals surface area contributed by atoms with Gasteiger partial charge in [0.25, 0.3) is 0 Å². The Bertz CT molecular complexity index is 579. The number of hydrogen-bond acceptors (Lipinski definition) is 3. The van der Waals surface area contributed by atoms with Crippen LogP contribution >= 0.6 is 7.60 Å². The summed E-state index contributed by atoms with van der Waals surface area (Å²) in [4.78, 5) is 0. The van der Waals surface area contributed by atoms with Gasteiger partial charge >= 0.3 is 13.8 Å². The Kier molecular flexibility index (Phi) is 9.19. The van der Waals surface area contributed by atoms with Crippen LogP contribution in [0, 0.1) is 0 Å². The van der Waals surface area contributed by atoms with Crippen LogP contribution in [0.5, 0.6) is 0 Å². The maximum Gasteiger partial charge on any atom is 0.416 e. The zero-order valence-electron chi connectivity index (χ0n) is 14.1. The van der Waals surface area contributed by atoms with Crippen molar-refractivity contribution in [1.82, 2.24) is 0 Å². The van der Waals surface area contributed by atoms with Gasteiger partial charge < -0.3 is 9.05 Å². The average Bonchev–Trinajstić information content (AvgIpc) is 2.55. The van der Waals surface area contributed by atoms with Crippen LogP contribution in [0.4, 0.5) is 13.2 Å². The van der Waals surface area contributed by atoms with Gasteiger partial charge in [-0.3, -0.25) is 4.57 Å². The molecule has 0 saturated carbocycles. The maximum atomic E-state index is 12.9. The van der Waals surface area contributed by atoms with Crippen LogP contribution in [0.3, 0.4) is 0 Å². The fourth-order valence-corrected chi connectivity index (χ4v) is 3.78. The second-order valence-electron chi connectivity index (χ2n) is 5.50. The first-order valence-corrected chi connectivity index (χ1v) is 9.79. The number of benzene rings is 1. The second-order valence-corrected chi connectivity index (χ2v) is 7.55. The number of alkyl halides is 3. The first-order valence-electron chi connectivity index (χ1n) is 8.07. The summed E-state index contributed by atoms with van der Waals surface area (Å²) in [5, 5.41) is 0. The van der Waals surface area contributed by atoms with Crippen molar-refractivity contribution in [1.29, 1.82) is 0 Å². The van der Waals surface area contributed by atoms with Crippen molar-refractivity contribution in [3.63, 3.8) is 0 Å². The highest BCUT2D eigenvalue weighted by Crippen LogP contribution is 2.52. The molecule has 140 valence electrons. The molecule has 1 rings (SSSR count). The van der Waals surface area contributed by atoms with E-state index in [1.54, 1.807) is 12.2 Å². The van der Waals surface area contributed by atoms with Gasteiger partial charge in [-0.2, -0.15) is 13.2 Å². The minimum absolute atomic E-state index is 0.195. The van der Waals surface area contributed by atoms with E-state index in [9.17, 15) is 17.7 Å². The molecule has 0 fully saturated rings. The van der Waals surface area contributed by atoms with Crippen molar-refractivity contribution in [2.75, 3.05) is 13.2 Å². The van der Waals surface area contributed by atoms with Crippen LogP contribution in [0.2, 0.25) is 0 Å². The van der Waals surface area contributed by atoms with E-state index in [-0.39, 0.29) is 24.9 Å². The molecular weight excluding hydrogens is 352 g/mol. The van der Waals surface area contributed by atoms with Gasteiger partial charge in [-0.05, 0) is 37.3 Å². The Morgan fingerprint density at radius 2 is 1.60 bits per heavy atom. The number of unbranched alkanes of at least 4 members (excludes halogenated alkanes) is 2. The summed E-state index contributed by atoms with van der Waals surface area (Å²) in [6.07, 6.45) is 1.41. The molecule has 25 heavy (non-hydrogen) atoms. The molecule has 0 bridgehead atoms. The molecule has 0 N–H and O–H groups in total.